The Hall–Kier alpha value is -3.01. The van der Waals surface area contributed by atoms with Gasteiger partial charge in [0.15, 0.2) is 0 Å². The van der Waals surface area contributed by atoms with Gasteiger partial charge in [-0.1, -0.05) is 60.7 Å². The highest BCUT2D eigenvalue weighted by Crippen LogP contribution is 2.34. The minimum Gasteiger partial charge on any atom is -0.434 e. The number of benzene rings is 3. The molecular formula is C25H23F3O. The Morgan fingerprint density at radius 2 is 1.66 bits per heavy atom. The Labute approximate surface area is 169 Å². The van der Waals surface area contributed by atoms with Crippen molar-refractivity contribution in [3.8, 4) is 16.9 Å². The SMILES string of the molecule is C/C=C/CCc1ccc(-c2ccc3c(F)c(/C=C/C)c(OC(F)F)cc3c2)cc1. The lowest BCUT2D eigenvalue weighted by atomic mass is 9.97. The highest BCUT2D eigenvalue weighted by Gasteiger charge is 2.16. The Bertz CT molecular complexity index is 1030. The molecule has 0 aliphatic rings. The van der Waals surface area contributed by atoms with Crippen LogP contribution in [-0.2, 0) is 6.42 Å². The number of aryl methyl sites for hydroxylation is 1. The maximum Gasteiger partial charge on any atom is 0.387 e. The third kappa shape index (κ3) is 4.89. The van der Waals surface area contributed by atoms with Gasteiger partial charge >= 0.3 is 6.61 Å². The van der Waals surface area contributed by atoms with Gasteiger partial charge in [0.1, 0.15) is 11.6 Å². The Kier molecular flexibility index (Phi) is 6.76. The highest BCUT2D eigenvalue weighted by molar-refractivity contribution is 5.91. The average Bonchev–Trinajstić information content (AvgIpc) is 2.71. The molecule has 4 heteroatoms. The number of halogens is 3. The van der Waals surface area contributed by atoms with Crippen LogP contribution in [-0.4, -0.2) is 6.61 Å². The van der Waals surface area contributed by atoms with Crippen LogP contribution < -0.4 is 4.74 Å². The molecule has 0 saturated carbocycles. The van der Waals surface area contributed by atoms with Gasteiger partial charge in [0, 0.05) is 5.39 Å². The molecule has 0 aromatic heterocycles. The fourth-order valence-corrected chi connectivity index (χ4v) is 3.33. The highest BCUT2D eigenvalue weighted by atomic mass is 19.3. The molecule has 0 aliphatic carbocycles. The quantitative estimate of drug-likeness (QED) is 0.370. The van der Waals surface area contributed by atoms with Crippen molar-refractivity contribution < 1.29 is 17.9 Å². The van der Waals surface area contributed by atoms with Crippen LogP contribution in [0, 0.1) is 5.82 Å². The molecule has 0 heterocycles. The first-order valence-corrected chi connectivity index (χ1v) is 9.57. The van der Waals surface area contributed by atoms with E-state index in [2.05, 4.69) is 22.9 Å². The minimum atomic E-state index is -3.02. The van der Waals surface area contributed by atoms with E-state index in [1.54, 1.807) is 25.1 Å². The smallest absolute Gasteiger partial charge is 0.387 e. The van der Waals surface area contributed by atoms with Crippen molar-refractivity contribution in [2.24, 2.45) is 0 Å². The molecule has 0 atom stereocenters. The van der Waals surface area contributed by atoms with E-state index in [-0.39, 0.29) is 11.3 Å². The molecule has 29 heavy (non-hydrogen) atoms. The van der Waals surface area contributed by atoms with Gasteiger partial charge in [-0.15, -0.1) is 0 Å². The topological polar surface area (TPSA) is 9.23 Å². The molecule has 0 saturated heterocycles. The van der Waals surface area contributed by atoms with Crippen LogP contribution in [0.5, 0.6) is 5.75 Å². The van der Waals surface area contributed by atoms with Gasteiger partial charge in [0.25, 0.3) is 0 Å². The average molecular weight is 396 g/mol. The van der Waals surface area contributed by atoms with Gasteiger partial charge in [-0.25, -0.2) is 4.39 Å². The second-order valence-electron chi connectivity index (χ2n) is 6.72. The van der Waals surface area contributed by atoms with Gasteiger partial charge in [0.2, 0.25) is 0 Å². The van der Waals surface area contributed by atoms with Gasteiger partial charge in [0.05, 0.1) is 5.56 Å². The maximum atomic E-state index is 14.9. The summed E-state index contributed by atoms with van der Waals surface area (Å²) in [5.41, 5.74) is 3.13. The van der Waals surface area contributed by atoms with Crippen molar-refractivity contribution >= 4 is 16.8 Å². The molecule has 150 valence electrons. The normalized spacial score (nSPS) is 11.9. The summed E-state index contributed by atoms with van der Waals surface area (Å²) in [6.07, 6.45) is 9.16. The molecule has 3 aromatic carbocycles. The maximum absolute atomic E-state index is 14.9. The predicted octanol–water partition coefficient (Wildman–Crippen LogP) is 7.79. The number of rotatable bonds is 7. The standard InChI is InChI=1S/C25H23F3O/c1-3-5-6-8-17-9-11-18(12-10-17)19-13-14-21-20(15-19)16-23(29-25(27)28)22(7-4-2)24(21)26/h3-5,7,9-16,25H,6,8H2,1-2H3/b5-3+,7-4+. The molecule has 0 radical (unpaired) electrons. The van der Waals surface area contributed by atoms with E-state index in [9.17, 15) is 13.2 Å². The van der Waals surface area contributed by atoms with Crippen LogP contribution in [0.25, 0.3) is 28.0 Å². The number of hydrogen-bond donors (Lipinski definition) is 0. The zero-order valence-corrected chi connectivity index (χ0v) is 16.5. The number of hydrogen-bond acceptors (Lipinski definition) is 1. The van der Waals surface area contributed by atoms with Crippen LogP contribution in [0.4, 0.5) is 13.2 Å². The van der Waals surface area contributed by atoms with E-state index in [1.165, 1.54) is 17.7 Å². The van der Waals surface area contributed by atoms with E-state index in [4.69, 9.17) is 0 Å². The summed E-state index contributed by atoms with van der Waals surface area (Å²) >= 11 is 0. The fraction of sp³-hybridized carbons (Fsp3) is 0.200. The zero-order chi connectivity index (χ0) is 20.8. The van der Waals surface area contributed by atoms with Gasteiger partial charge in [-0.3, -0.25) is 0 Å². The number of alkyl halides is 2. The third-order valence-electron chi connectivity index (χ3n) is 4.75. The second-order valence-corrected chi connectivity index (χ2v) is 6.72. The fourth-order valence-electron chi connectivity index (χ4n) is 3.33. The van der Waals surface area contributed by atoms with Crippen LogP contribution in [0.3, 0.4) is 0 Å². The number of allylic oxidation sites excluding steroid dienone is 3. The minimum absolute atomic E-state index is 0.0264. The Morgan fingerprint density at radius 3 is 2.31 bits per heavy atom. The van der Waals surface area contributed by atoms with Gasteiger partial charge in [-0.05, 0) is 60.9 Å². The summed E-state index contributed by atoms with van der Waals surface area (Å²) in [6, 6.07) is 15.0. The van der Waals surface area contributed by atoms with Crippen molar-refractivity contribution in [1.29, 1.82) is 0 Å². The van der Waals surface area contributed by atoms with E-state index >= 15 is 0 Å². The molecular weight excluding hydrogens is 373 g/mol. The monoisotopic (exact) mass is 396 g/mol. The van der Waals surface area contributed by atoms with E-state index in [1.807, 2.05) is 31.2 Å². The summed E-state index contributed by atoms with van der Waals surface area (Å²) in [5, 5.41) is 0.882. The van der Waals surface area contributed by atoms with Crippen molar-refractivity contribution in [3.63, 3.8) is 0 Å². The molecule has 0 spiro atoms. The summed E-state index contributed by atoms with van der Waals surface area (Å²) in [4.78, 5) is 0. The first-order valence-electron chi connectivity index (χ1n) is 9.57. The molecule has 0 aliphatic heterocycles. The van der Waals surface area contributed by atoms with E-state index < -0.39 is 12.4 Å². The Balaban J connectivity index is 1.99. The molecule has 3 aromatic rings. The molecule has 0 unspecified atom stereocenters. The van der Waals surface area contributed by atoms with Gasteiger partial charge in [-0.2, -0.15) is 8.78 Å². The summed E-state index contributed by atoms with van der Waals surface area (Å²) in [7, 11) is 0. The molecule has 3 rings (SSSR count). The van der Waals surface area contributed by atoms with Crippen molar-refractivity contribution in [2.75, 3.05) is 0 Å². The van der Waals surface area contributed by atoms with Crippen LogP contribution in [0.1, 0.15) is 31.4 Å². The molecule has 0 fully saturated rings. The first kappa shape index (κ1) is 20.7. The molecule has 0 amide bonds. The predicted molar refractivity (Wildman–Crippen MR) is 114 cm³/mol. The van der Waals surface area contributed by atoms with Crippen LogP contribution in [0.15, 0.2) is 66.8 Å². The second kappa shape index (κ2) is 9.46. The lowest BCUT2D eigenvalue weighted by Crippen LogP contribution is -2.04. The lowest BCUT2D eigenvalue weighted by Gasteiger charge is -2.13. The lowest BCUT2D eigenvalue weighted by molar-refractivity contribution is -0.0500. The van der Waals surface area contributed by atoms with Crippen molar-refractivity contribution in [3.05, 3.63) is 83.7 Å². The number of ether oxygens (including phenoxy) is 1. The Morgan fingerprint density at radius 1 is 0.931 bits per heavy atom. The van der Waals surface area contributed by atoms with Crippen molar-refractivity contribution in [1.82, 2.24) is 0 Å². The third-order valence-corrected chi connectivity index (χ3v) is 4.75. The van der Waals surface area contributed by atoms with E-state index in [0.29, 0.717) is 10.8 Å². The molecule has 0 N–H and O–H groups in total. The first-order chi connectivity index (χ1) is 14.0. The van der Waals surface area contributed by atoms with Crippen LogP contribution >= 0.6 is 0 Å². The zero-order valence-electron chi connectivity index (χ0n) is 16.5. The summed E-state index contributed by atoms with van der Waals surface area (Å²) < 4.78 is 45.1. The summed E-state index contributed by atoms with van der Waals surface area (Å²) in [6.45, 7) is 0.681. The largest absolute Gasteiger partial charge is 0.434 e. The van der Waals surface area contributed by atoms with Crippen molar-refractivity contribution in [2.45, 2.75) is 33.3 Å². The number of fused-ring (bicyclic) bond motifs is 1. The molecule has 0 bridgehead atoms. The summed E-state index contributed by atoms with van der Waals surface area (Å²) in [5.74, 6) is -0.735. The van der Waals surface area contributed by atoms with E-state index in [0.717, 1.165) is 24.0 Å². The van der Waals surface area contributed by atoms with Gasteiger partial charge < -0.3 is 4.74 Å². The van der Waals surface area contributed by atoms with Crippen LogP contribution in [0.2, 0.25) is 0 Å². The molecule has 1 nitrogen and oxygen atoms in total.